The number of carbonyl (C=O) groups excluding carboxylic acids is 1. The second-order valence-electron chi connectivity index (χ2n) is 7.69. The fourth-order valence-corrected chi connectivity index (χ4v) is 4.27. The van der Waals surface area contributed by atoms with Crippen LogP contribution in [-0.2, 0) is 10.0 Å². The van der Waals surface area contributed by atoms with Crippen molar-refractivity contribution < 1.29 is 17.9 Å². The third kappa shape index (κ3) is 5.55. The third-order valence-electron chi connectivity index (χ3n) is 5.30. The zero-order valence-corrected chi connectivity index (χ0v) is 19.2. The van der Waals surface area contributed by atoms with Crippen LogP contribution in [0.1, 0.15) is 0 Å². The van der Waals surface area contributed by atoms with E-state index < -0.39 is 10.0 Å². The average molecular weight is 471 g/mol. The van der Waals surface area contributed by atoms with Gasteiger partial charge >= 0.3 is 6.03 Å². The molecular formula is C22H26N6O4S. The lowest BCUT2D eigenvalue weighted by Crippen LogP contribution is -2.50. The fourth-order valence-electron chi connectivity index (χ4n) is 3.70. The molecule has 11 heteroatoms. The topological polar surface area (TPSA) is 120 Å². The quantitative estimate of drug-likeness (QED) is 0.510. The van der Waals surface area contributed by atoms with E-state index in [1.165, 1.54) is 0 Å². The van der Waals surface area contributed by atoms with Crippen LogP contribution in [0.2, 0.25) is 0 Å². The first-order chi connectivity index (χ1) is 15.8. The maximum absolute atomic E-state index is 12.7. The first-order valence-electron chi connectivity index (χ1n) is 10.4. The number of urea groups is 1. The van der Waals surface area contributed by atoms with Crippen LogP contribution in [0.4, 0.5) is 22.0 Å². The molecule has 0 bridgehead atoms. The highest BCUT2D eigenvalue weighted by molar-refractivity contribution is 7.92. The lowest BCUT2D eigenvalue weighted by molar-refractivity contribution is 0.208. The summed E-state index contributed by atoms with van der Waals surface area (Å²) in [6, 6.07) is 16.3. The largest absolute Gasteiger partial charge is 0.497 e. The van der Waals surface area contributed by atoms with Gasteiger partial charge in [0.25, 0.3) is 0 Å². The van der Waals surface area contributed by atoms with Gasteiger partial charge in [0.05, 0.1) is 30.4 Å². The summed E-state index contributed by atoms with van der Waals surface area (Å²) in [5.41, 5.74) is 2.99. The first kappa shape index (κ1) is 22.5. The maximum atomic E-state index is 12.7. The SMILES string of the molecule is COc1cccc(-c2cc(NC(=O)N3CCN(c4ccccc4NS(C)(=O)=O)CC3)n[nH]2)c1. The van der Waals surface area contributed by atoms with Gasteiger partial charge in [0, 0.05) is 37.8 Å². The normalized spacial score (nSPS) is 14.1. The van der Waals surface area contributed by atoms with Crippen molar-refractivity contribution in [1.82, 2.24) is 15.1 Å². The Hall–Kier alpha value is -3.73. The molecule has 3 aromatic rings. The number of aromatic nitrogens is 2. The van der Waals surface area contributed by atoms with Crippen LogP contribution in [0.5, 0.6) is 5.75 Å². The molecule has 33 heavy (non-hydrogen) atoms. The minimum atomic E-state index is -3.39. The van der Waals surface area contributed by atoms with Gasteiger partial charge in [0.1, 0.15) is 5.75 Å². The number of rotatable bonds is 6. The van der Waals surface area contributed by atoms with E-state index in [1.54, 1.807) is 30.2 Å². The molecule has 4 rings (SSSR count). The van der Waals surface area contributed by atoms with Gasteiger partial charge in [-0.2, -0.15) is 5.10 Å². The summed E-state index contributed by atoms with van der Waals surface area (Å²) in [6.45, 7) is 2.13. The van der Waals surface area contributed by atoms with E-state index >= 15 is 0 Å². The number of para-hydroxylation sites is 2. The highest BCUT2D eigenvalue weighted by atomic mass is 32.2. The Balaban J connectivity index is 1.37. The Morgan fingerprint density at radius 3 is 2.55 bits per heavy atom. The van der Waals surface area contributed by atoms with Crippen molar-refractivity contribution >= 4 is 33.2 Å². The number of carbonyl (C=O) groups is 1. The number of anilines is 3. The van der Waals surface area contributed by atoms with E-state index in [2.05, 4.69) is 25.1 Å². The van der Waals surface area contributed by atoms with Crippen LogP contribution in [0.25, 0.3) is 11.3 Å². The summed E-state index contributed by atoms with van der Waals surface area (Å²) in [4.78, 5) is 16.5. The summed E-state index contributed by atoms with van der Waals surface area (Å²) in [7, 11) is -1.78. The summed E-state index contributed by atoms with van der Waals surface area (Å²) in [5, 5.41) is 9.95. The van der Waals surface area contributed by atoms with Gasteiger partial charge in [0.15, 0.2) is 5.82 Å². The van der Waals surface area contributed by atoms with Crippen molar-refractivity contribution in [3.05, 3.63) is 54.6 Å². The van der Waals surface area contributed by atoms with Crippen LogP contribution < -0.4 is 19.7 Å². The average Bonchev–Trinajstić information content (AvgIpc) is 3.27. The van der Waals surface area contributed by atoms with Crippen LogP contribution in [-0.4, -0.2) is 69.1 Å². The van der Waals surface area contributed by atoms with E-state index in [9.17, 15) is 13.2 Å². The van der Waals surface area contributed by atoms with E-state index in [0.717, 1.165) is 29.0 Å². The Morgan fingerprint density at radius 2 is 1.82 bits per heavy atom. The van der Waals surface area contributed by atoms with Gasteiger partial charge in [-0.3, -0.25) is 15.1 Å². The molecule has 1 aliphatic heterocycles. The number of sulfonamides is 1. The van der Waals surface area contributed by atoms with Crippen molar-refractivity contribution in [3.8, 4) is 17.0 Å². The van der Waals surface area contributed by atoms with Crippen LogP contribution in [0, 0.1) is 0 Å². The number of nitrogens with one attached hydrogen (secondary N) is 3. The van der Waals surface area contributed by atoms with E-state index in [4.69, 9.17) is 4.74 Å². The highest BCUT2D eigenvalue weighted by Crippen LogP contribution is 2.28. The van der Waals surface area contributed by atoms with Crippen molar-refractivity contribution in [1.29, 1.82) is 0 Å². The molecule has 1 saturated heterocycles. The molecule has 1 aromatic heterocycles. The molecule has 0 saturated carbocycles. The minimum absolute atomic E-state index is 0.235. The van der Waals surface area contributed by atoms with Gasteiger partial charge in [-0.1, -0.05) is 24.3 Å². The highest BCUT2D eigenvalue weighted by Gasteiger charge is 2.23. The molecule has 2 heterocycles. The van der Waals surface area contributed by atoms with Crippen molar-refractivity contribution in [2.24, 2.45) is 0 Å². The number of nitrogens with zero attached hydrogens (tertiary/aromatic N) is 3. The number of amides is 2. The van der Waals surface area contributed by atoms with Crippen LogP contribution in [0.15, 0.2) is 54.6 Å². The van der Waals surface area contributed by atoms with Gasteiger partial charge in [0.2, 0.25) is 10.0 Å². The predicted octanol–water partition coefficient (Wildman–Crippen LogP) is 2.81. The smallest absolute Gasteiger partial charge is 0.323 e. The summed E-state index contributed by atoms with van der Waals surface area (Å²) < 4.78 is 31.1. The molecule has 0 unspecified atom stereocenters. The number of ether oxygens (including phenoxy) is 1. The molecule has 0 radical (unpaired) electrons. The molecule has 2 aromatic carbocycles. The number of benzene rings is 2. The Kier molecular flexibility index (Phi) is 6.40. The molecule has 10 nitrogen and oxygen atoms in total. The van der Waals surface area contributed by atoms with Gasteiger partial charge in [-0.15, -0.1) is 0 Å². The summed E-state index contributed by atoms with van der Waals surface area (Å²) >= 11 is 0. The molecule has 2 amide bonds. The predicted molar refractivity (Wildman–Crippen MR) is 128 cm³/mol. The number of piperazine rings is 1. The molecule has 174 valence electrons. The zero-order chi connectivity index (χ0) is 23.4. The summed E-state index contributed by atoms with van der Waals surface area (Å²) in [6.07, 6.45) is 1.13. The van der Waals surface area contributed by atoms with Crippen molar-refractivity contribution in [3.63, 3.8) is 0 Å². The van der Waals surface area contributed by atoms with Gasteiger partial charge < -0.3 is 14.5 Å². The molecule has 1 aliphatic rings. The zero-order valence-electron chi connectivity index (χ0n) is 18.4. The van der Waals surface area contributed by atoms with Crippen molar-refractivity contribution in [2.45, 2.75) is 0 Å². The Labute approximate surface area is 192 Å². The van der Waals surface area contributed by atoms with Crippen molar-refractivity contribution in [2.75, 3.05) is 54.5 Å². The number of methoxy groups -OCH3 is 1. The molecule has 0 spiro atoms. The van der Waals surface area contributed by atoms with E-state index in [1.807, 2.05) is 36.4 Å². The molecular weight excluding hydrogens is 444 g/mol. The molecule has 3 N–H and O–H groups in total. The first-order valence-corrected chi connectivity index (χ1v) is 12.3. The second kappa shape index (κ2) is 9.41. The minimum Gasteiger partial charge on any atom is -0.497 e. The van der Waals surface area contributed by atoms with Crippen LogP contribution in [0.3, 0.4) is 0 Å². The molecule has 0 aliphatic carbocycles. The molecule has 0 atom stereocenters. The fraction of sp³-hybridized carbons (Fsp3) is 0.273. The second-order valence-corrected chi connectivity index (χ2v) is 9.44. The Morgan fingerprint density at radius 1 is 1.06 bits per heavy atom. The van der Waals surface area contributed by atoms with Gasteiger partial charge in [-0.05, 0) is 24.3 Å². The van der Waals surface area contributed by atoms with Crippen LogP contribution >= 0.6 is 0 Å². The number of hydrogen-bond donors (Lipinski definition) is 3. The summed E-state index contributed by atoms with van der Waals surface area (Å²) in [5.74, 6) is 1.17. The number of H-pyrrole nitrogens is 1. The monoisotopic (exact) mass is 470 g/mol. The van der Waals surface area contributed by atoms with Gasteiger partial charge in [-0.25, -0.2) is 13.2 Å². The van der Waals surface area contributed by atoms with E-state index in [0.29, 0.717) is 37.7 Å². The number of hydrogen-bond acceptors (Lipinski definition) is 6. The maximum Gasteiger partial charge on any atom is 0.323 e. The van der Waals surface area contributed by atoms with E-state index in [-0.39, 0.29) is 6.03 Å². The standard InChI is InChI=1S/C22H26N6O4S/c1-32-17-7-5-6-16(14-17)19-15-21(25-24-19)23-22(29)28-12-10-27(11-13-28)20-9-4-3-8-18(20)26-33(2,30)31/h3-9,14-15,26H,10-13H2,1-2H3,(H2,23,24,25,29). The lowest BCUT2D eigenvalue weighted by Gasteiger charge is -2.36. The Bertz CT molecular complexity index is 1230. The lowest BCUT2D eigenvalue weighted by atomic mass is 10.1. The third-order valence-corrected chi connectivity index (χ3v) is 5.89. The molecule has 1 fully saturated rings. The number of aromatic amines is 1.